The van der Waals surface area contributed by atoms with Gasteiger partial charge < -0.3 is 5.32 Å². The Bertz CT molecular complexity index is 381. The van der Waals surface area contributed by atoms with Crippen LogP contribution in [0, 0.1) is 18.3 Å². The van der Waals surface area contributed by atoms with Gasteiger partial charge in [0.15, 0.2) is 0 Å². The molecule has 1 amide bonds. The number of carbonyl (C=O) groups is 1. The van der Waals surface area contributed by atoms with Crippen molar-refractivity contribution < 1.29 is 4.79 Å². The van der Waals surface area contributed by atoms with Crippen LogP contribution in [0.15, 0.2) is 24.3 Å². The number of aryl methyl sites for hydroxylation is 1. The molecule has 0 bridgehead atoms. The van der Waals surface area contributed by atoms with E-state index in [4.69, 9.17) is 5.26 Å². The zero-order chi connectivity index (χ0) is 11.8. The number of carbonyl (C=O) groups excluding carboxylic acids is 1. The molecular formula is C12H14N2OS. The second-order valence-corrected chi connectivity index (χ2v) is 4.48. The first-order chi connectivity index (χ1) is 7.72. The van der Waals surface area contributed by atoms with E-state index in [1.165, 1.54) is 17.3 Å². The van der Waals surface area contributed by atoms with Crippen molar-refractivity contribution in [2.24, 2.45) is 0 Å². The Hall–Kier alpha value is -1.47. The van der Waals surface area contributed by atoms with Gasteiger partial charge in [0.05, 0.1) is 11.8 Å². The molecular weight excluding hydrogens is 220 g/mol. The van der Waals surface area contributed by atoms with E-state index < -0.39 is 0 Å². The number of anilines is 1. The highest BCUT2D eigenvalue weighted by Crippen LogP contribution is 2.09. The lowest BCUT2D eigenvalue weighted by Crippen LogP contribution is -2.14. The van der Waals surface area contributed by atoms with E-state index in [9.17, 15) is 4.79 Å². The number of hydrogen-bond donors (Lipinski definition) is 1. The van der Waals surface area contributed by atoms with Gasteiger partial charge in [-0.1, -0.05) is 17.7 Å². The number of hydrogen-bond acceptors (Lipinski definition) is 3. The molecule has 0 saturated heterocycles. The molecule has 0 fully saturated rings. The lowest BCUT2D eigenvalue weighted by molar-refractivity contribution is -0.113. The molecule has 84 valence electrons. The number of rotatable bonds is 5. The summed E-state index contributed by atoms with van der Waals surface area (Å²) in [5, 5.41) is 11.1. The molecule has 0 radical (unpaired) electrons. The second-order valence-electron chi connectivity index (χ2n) is 3.37. The normalized spacial score (nSPS) is 9.50. The predicted molar refractivity (Wildman–Crippen MR) is 67.4 cm³/mol. The van der Waals surface area contributed by atoms with E-state index in [-0.39, 0.29) is 5.91 Å². The minimum Gasteiger partial charge on any atom is -0.325 e. The molecule has 0 saturated carbocycles. The number of thioether (sulfide) groups is 1. The van der Waals surface area contributed by atoms with E-state index in [0.29, 0.717) is 17.9 Å². The summed E-state index contributed by atoms with van der Waals surface area (Å²) in [5.41, 5.74) is 1.98. The molecule has 0 unspecified atom stereocenters. The van der Waals surface area contributed by atoms with E-state index in [1.54, 1.807) is 0 Å². The highest BCUT2D eigenvalue weighted by molar-refractivity contribution is 7.99. The summed E-state index contributed by atoms with van der Waals surface area (Å²) in [5.74, 6) is 1.08. The lowest BCUT2D eigenvalue weighted by Gasteiger charge is -2.04. The Balaban J connectivity index is 2.29. The van der Waals surface area contributed by atoms with Crippen LogP contribution >= 0.6 is 11.8 Å². The zero-order valence-electron chi connectivity index (χ0n) is 9.19. The molecule has 16 heavy (non-hydrogen) atoms. The van der Waals surface area contributed by atoms with Crippen LogP contribution in [0.3, 0.4) is 0 Å². The van der Waals surface area contributed by atoms with Gasteiger partial charge >= 0.3 is 0 Å². The maximum absolute atomic E-state index is 11.4. The van der Waals surface area contributed by atoms with Gasteiger partial charge in [-0.25, -0.2) is 0 Å². The average Bonchev–Trinajstić information content (AvgIpc) is 2.28. The van der Waals surface area contributed by atoms with Crippen LogP contribution in [-0.4, -0.2) is 17.4 Å². The molecule has 0 aliphatic rings. The summed E-state index contributed by atoms with van der Waals surface area (Å²) in [6.45, 7) is 2.00. The average molecular weight is 234 g/mol. The SMILES string of the molecule is Cc1ccc(NC(=O)CSCCC#N)cc1. The summed E-state index contributed by atoms with van der Waals surface area (Å²) >= 11 is 1.47. The molecule has 0 aromatic heterocycles. The van der Waals surface area contributed by atoms with Crippen molar-refractivity contribution in [2.45, 2.75) is 13.3 Å². The van der Waals surface area contributed by atoms with Crippen molar-refractivity contribution in [3.63, 3.8) is 0 Å². The largest absolute Gasteiger partial charge is 0.325 e. The zero-order valence-corrected chi connectivity index (χ0v) is 10.0. The van der Waals surface area contributed by atoms with Gasteiger partial charge in [0.2, 0.25) is 5.91 Å². The van der Waals surface area contributed by atoms with Crippen molar-refractivity contribution in [3.8, 4) is 6.07 Å². The standard InChI is InChI=1S/C12H14N2OS/c1-10-3-5-11(6-4-10)14-12(15)9-16-8-2-7-13/h3-6H,2,8-9H2,1H3,(H,14,15). The number of nitrogens with zero attached hydrogens (tertiary/aromatic N) is 1. The molecule has 0 aliphatic heterocycles. The van der Waals surface area contributed by atoms with Gasteiger partial charge in [-0.15, -0.1) is 0 Å². The van der Waals surface area contributed by atoms with E-state index >= 15 is 0 Å². The third kappa shape index (κ3) is 4.85. The van der Waals surface area contributed by atoms with Crippen molar-refractivity contribution in [1.29, 1.82) is 5.26 Å². The van der Waals surface area contributed by atoms with Crippen molar-refractivity contribution in [1.82, 2.24) is 0 Å². The summed E-state index contributed by atoms with van der Waals surface area (Å²) in [7, 11) is 0. The second kappa shape index (κ2) is 6.91. The van der Waals surface area contributed by atoms with Crippen LogP contribution in [0.1, 0.15) is 12.0 Å². The quantitative estimate of drug-likeness (QED) is 0.797. The summed E-state index contributed by atoms with van der Waals surface area (Å²) in [6, 6.07) is 9.72. The first-order valence-electron chi connectivity index (χ1n) is 5.03. The number of nitriles is 1. The highest BCUT2D eigenvalue weighted by atomic mass is 32.2. The van der Waals surface area contributed by atoms with Crippen LogP contribution in [0.25, 0.3) is 0 Å². The molecule has 3 nitrogen and oxygen atoms in total. The molecule has 0 heterocycles. The summed E-state index contributed by atoms with van der Waals surface area (Å²) in [6.07, 6.45) is 0.489. The molecule has 1 aromatic carbocycles. The first-order valence-corrected chi connectivity index (χ1v) is 6.19. The van der Waals surface area contributed by atoms with Crippen molar-refractivity contribution >= 4 is 23.4 Å². The fourth-order valence-corrected chi connectivity index (χ4v) is 1.75. The smallest absolute Gasteiger partial charge is 0.234 e. The number of benzene rings is 1. The fraction of sp³-hybridized carbons (Fsp3) is 0.333. The monoisotopic (exact) mass is 234 g/mol. The third-order valence-electron chi connectivity index (χ3n) is 1.93. The number of amides is 1. The van der Waals surface area contributed by atoms with Crippen LogP contribution < -0.4 is 5.32 Å². The highest BCUT2D eigenvalue weighted by Gasteiger charge is 2.01. The van der Waals surface area contributed by atoms with Crippen molar-refractivity contribution in [2.75, 3.05) is 16.8 Å². The summed E-state index contributed by atoms with van der Waals surface area (Å²) in [4.78, 5) is 11.4. The lowest BCUT2D eigenvalue weighted by atomic mass is 10.2. The Kier molecular flexibility index (Phi) is 5.44. The van der Waals surface area contributed by atoms with Crippen molar-refractivity contribution in [3.05, 3.63) is 29.8 Å². The molecule has 4 heteroatoms. The summed E-state index contributed by atoms with van der Waals surface area (Å²) < 4.78 is 0. The van der Waals surface area contributed by atoms with E-state index in [1.807, 2.05) is 37.3 Å². The van der Waals surface area contributed by atoms with Crippen LogP contribution in [0.5, 0.6) is 0 Å². The Morgan fingerprint density at radius 2 is 2.12 bits per heavy atom. The number of nitrogens with one attached hydrogen (secondary N) is 1. The van der Waals surface area contributed by atoms with Gasteiger partial charge in [-0.3, -0.25) is 4.79 Å². The van der Waals surface area contributed by atoms with Crippen LogP contribution in [0.4, 0.5) is 5.69 Å². The fourth-order valence-electron chi connectivity index (χ4n) is 1.12. The topological polar surface area (TPSA) is 52.9 Å². The van der Waals surface area contributed by atoms with Gasteiger partial charge in [0.1, 0.15) is 0 Å². The van der Waals surface area contributed by atoms with Gasteiger partial charge in [-0.05, 0) is 19.1 Å². The maximum Gasteiger partial charge on any atom is 0.234 e. The Morgan fingerprint density at radius 3 is 2.75 bits per heavy atom. The molecule has 0 spiro atoms. The Morgan fingerprint density at radius 1 is 1.44 bits per heavy atom. The minimum absolute atomic E-state index is 0.0215. The van der Waals surface area contributed by atoms with Crippen LogP contribution in [-0.2, 0) is 4.79 Å². The molecule has 1 N–H and O–H groups in total. The van der Waals surface area contributed by atoms with Gasteiger partial charge in [-0.2, -0.15) is 17.0 Å². The third-order valence-corrected chi connectivity index (χ3v) is 2.89. The molecule has 1 aromatic rings. The van der Waals surface area contributed by atoms with E-state index in [0.717, 1.165) is 5.69 Å². The van der Waals surface area contributed by atoms with Crippen LogP contribution in [0.2, 0.25) is 0 Å². The maximum atomic E-state index is 11.4. The van der Waals surface area contributed by atoms with Gasteiger partial charge in [0, 0.05) is 17.9 Å². The molecule has 0 aliphatic carbocycles. The molecule has 1 rings (SSSR count). The van der Waals surface area contributed by atoms with E-state index in [2.05, 4.69) is 5.32 Å². The first kappa shape index (κ1) is 12.6. The minimum atomic E-state index is -0.0215. The Labute approximate surface area is 99.8 Å². The van der Waals surface area contributed by atoms with Gasteiger partial charge in [0.25, 0.3) is 0 Å². The predicted octanol–water partition coefficient (Wildman–Crippen LogP) is 2.58. The molecule has 0 atom stereocenters.